The van der Waals surface area contributed by atoms with E-state index < -0.39 is 68.9 Å². The molecule has 1 aromatic rings. The van der Waals surface area contributed by atoms with Crippen LogP contribution in [-0.2, 0) is 14.3 Å². The number of esters is 1. The SMILES string of the molecule is C[C@@H]1C[C@H]2[C@@H]3CCC4=CC(=O)C(F)=C(F)[C@]4(C)[C@H]3[C@@H](O)C[C@]2(C)[C@@]1(OC(=O)c1ccco1)C(=O)SCF. The van der Waals surface area contributed by atoms with E-state index in [9.17, 15) is 28.3 Å². The number of halogens is 3. The summed E-state index contributed by atoms with van der Waals surface area (Å²) in [5.41, 5.74) is -3.94. The first kappa shape index (κ1) is 26.3. The van der Waals surface area contributed by atoms with E-state index in [-0.39, 0.29) is 24.0 Å². The fourth-order valence-electron chi connectivity index (χ4n) is 8.19. The molecule has 8 atom stereocenters. The molecule has 5 rings (SSSR count). The smallest absolute Gasteiger partial charge is 0.375 e. The van der Waals surface area contributed by atoms with Crippen molar-refractivity contribution in [2.45, 2.75) is 58.2 Å². The number of furan rings is 1. The maximum Gasteiger partial charge on any atom is 0.375 e. The van der Waals surface area contributed by atoms with Gasteiger partial charge in [0.15, 0.2) is 5.60 Å². The van der Waals surface area contributed by atoms with Crippen molar-refractivity contribution in [2.24, 2.45) is 34.5 Å². The summed E-state index contributed by atoms with van der Waals surface area (Å²) in [5, 5.41) is 10.9. The molecule has 4 aliphatic carbocycles. The number of alkyl halides is 1. The molecular weight excluding hydrogens is 509 g/mol. The summed E-state index contributed by atoms with van der Waals surface area (Å²) in [6.45, 7) is 5.04. The molecular formula is C27H29F3O6S. The first-order chi connectivity index (χ1) is 17.4. The molecule has 1 heterocycles. The highest BCUT2D eigenvalue weighted by Crippen LogP contribution is 2.70. The standard InChI is InChI=1S/C27H29F3O6S/c1-13-9-16-15-7-6-14-10-17(31)21(29)22(30)26(14,3)20(15)18(32)11-25(16,2)27(13,24(34)37-12-28)36-23(33)19-5-4-8-35-19/h4-5,8,10,13,15-16,18,20,32H,6-7,9,11-12H2,1-3H3/t13-,15+,16+,18+,20-,25+,26+,27+/m1/s1. The number of hydrogen-bond acceptors (Lipinski definition) is 7. The van der Waals surface area contributed by atoms with E-state index in [2.05, 4.69) is 0 Å². The third-order valence-electron chi connectivity index (χ3n) is 9.71. The number of aliphatic hydroxyl groups is 1. The van der Waals surface area contributed by atoms with Crippen molar-refractivity contribution in [3.8, 4) is 0 Å². The van der Waals surface area contributed by atoms with Crippen LogP contribution in [0.3, 0.4) is 0 Å². The van der Waals surface area contributed by atoms with Crippen LogP contribution in [0.1, 0.15) is 57.0 Å². The lowest BCUT2D eigenvalue weighted by Crippen LogP contribution is -2.63. The molecule has 3 fully saturated rings. The van der Waals surface area contributed by atoms with Gasteiger partial charge in [-0.2, -0.15) is 4.39 Å². The van der Waals surface area contributed by atoms with Crippen LogP contribution in [0.4, 0.5) is 13.2 Å². The van der Waals surface area contributed by atoms with Gasteiger partial charge in [-0.15, -0.1) is 0 Å². The molecule has 10 heteroatoms. The van der Waals surface area contributed by atoms with Gasteiger partial charge in [0.1, 0.15) is 11.8 Å². The molecule has 0 amide bonds. The Kier molecular flexibility index (Phi) is 6.30. The van der Waals surface area contributed by atoms with Gasteiger partial charge >= 0.3 is 5.97 Å². The Morgan fingerprint density at radius 1 is 1.30 bits per heavy atom. The second kappa shape index (κ2) is 8.86. The zero-order chi connectivity index (χ0) is 26.9. The van der Waals surface area contributed by atoms with E-state index in [0.717, 1.165) is 6.08 Å². The van der Waals surface area contributed by atoms with E-state index in [1.807, 2.05) is 0 Å². The molecule has 0 radical (unpaired) electrons. The Labute approximate surface area is 216 Å². The number of fused-ring (bicyclic) bond motifs is 5. The zero-order valence-electron chi connectivity index (χ0n) is 20.8. The van der Waals surface area contributed by atoms with Crippen molar-refractivity contribution in [3.63, 3.8) is 0 Å². The Morgan fingerprint density at radius 3 is 2.68 bits per heavy atom. The van der Waals surface area contributed by atoms with Gasteiger partial charge < -0.3 is 14.3 Å². The Balaban J connectivity index is 1.60. The molecule has 3 saturated carbocycles. The summed E-state index contributed by atoms with van der Waals surface area (Å²) in [7, 11) is 0. The minimum atomic E-state index is -1.77. The van der Waals surface area contributed by atoms with Crippen LogP contribution in [0.25, 0.3) is 0 Å². The van der Waals surface area contributed by atoms with Crippen molar-refractivity contribution < 1.29 is 41.8 Å². The summed E-state index contributed by atoms with van der Waals surface area (Å²) >= 11 is 0.415. The number of thioether (sulfide) groups is 1. The number of ketones is 1. The first-order valence-electron chi connectivity index (χ1n) is 12.4. The summed E-state index contributed by atoms with van der Waals surface area (Å²) in [6.07, 6.45) is 2.37. The predicted molar refractivity (Wildman–Crippen MR) is 128 cm³/mol. The Bertz CT molecular complexity index is 1210. The first-order valence-corrected chi connectivity index (χ1v) is 13.4. The number of carbonyl (C=O) groups excluding carboxylic acids is 3. The van der Waals surface area contributed by atoms with Crippen molar-refractivity contribution >= 4 is 28.6 Å². The van der Waals surface area contributed by atoms with Gasteiger partial charge in [-0.3, -0.25) is 9.59 Å². The second-order valence-electron chi connectivity index (χ2n) is 11.2. The average Bonchev–Trinajstić information content (AvgIpc) is 3.45. The summed E-state index contributed by atoms with van der Waals surface area (Å²) in [4.78, 5) is 38.7. The predicted octanol–water partition coefficient (Wildman–Crippen LogP) is 5.48. The van der Waals surface area contributed by atoms with Crippen LogP contribution < -0.4 is 0 Å². The van der Waals surface area contributed by atoms with E-state index in [0.29, 0.717) is 36.6 Å². The van der Waals surface area contributed by atoms with Gasteiger partial charge in [0, 0.05) is 22.7 Å². The van der Waals surface area contributed by atoms with Crippen molar-refractivity contribution in [3.05, 3.63) is 47.5 Å². The molecule has 1 aromatic heterocycles. The zero-order valence-corrected chi connectivity index (χ0v) is 21.6. The Morgan fingerprint density at radius 2 is 2.03 bits per heavy atom. The number of rotatable bonds is 4. The lowest BCUT2D eigenvalue weighted by Gasteiger charge is -2.60. The number of allylic oxidation sites excluding steroid dienone is 4. The molecule has 0 aromatic carbocycles. The number of ether oxygens (including phenoxy) is 1. The monoisotopic (exact) mass is 538 g/mol. The van der Waals surface area contributed by atoms with Gasteiger partial charge in [-0.1, -0.05) is 19.4 Å². The lowest BCUT2D eigenvalue weighted by atomic mass is 9.46. The van der Waals surface area contributed by atoms with Crippen LogP contribution >= 0.6 is 11.8 Å². The van der Waals surface area contributed by atoms with Gasteiger partial charge in [0.05, 0.1) is 12.4 Å². The summed E-state index contributed by atoms with van der Waals surface area (Å²) in [5.74, 6) is -6.59. The van der Waals surface area contributed by atoms with Gasteiger partial charge in [-0.05, 0) is 74.4 Å². The molecule has 0 unspecified atom stereocenters. The van der Waals surface area contributed by atoms with Crippen LogP contribution in [0.2, 0.25) is 0 Å². The Hall–Kier alpha value is -2.33. The molecule has 6 nitrogen and oxygen atoms in total. The van der Waals surface area contributed by atoms with E-state index in [1.54, 1.807) is 13.8 Å². The molecule has 0 bridgehead atoms. The molecule has 4 aliphatic rings. The molecule has 0 saturated heterocycles. The lowest BCUT2D eigenvalue weighted by molar-refractivity contribution is -0.178. The minimum Gasteiger partial charge on any atom is -0.457 e. The van der Waals surface area contributed by atoms with Crippen molar-refractivity contribution in [1.82, 2.24) is 0 Å². The topological polar surface area (TPSA) is 93.8 Å². The van der Waals surface area contributed by atoms with Crippen LogP contribution in [0.5, 0.6) is 0 Å². The summed E-state index contributed by atoms with van der Waals surface area (Å²) < 4.78 is 54.6. The average molecular weight is 539 g/mol. The van der Waals surface area contributed by atoms with Crippen molar-refractivity contribution in [1.29, 1.82) is 0 Å². The van der Waals surface area contributed by atoms with E-state index >= 15 is 4.39 Å². The highest BCUT2D eigenvalue weighted by atomic mass is 32.2. The molecule has 1 N–H and O–H groups in total. The molecule has 0 spiro atoms. The largest absolute Gasteiger partial charge is 0.457 e. The number of hydrogen-bond donors (Lipinski definition) is 1. The minimum absolute atomic E-state index is 0.0566. The molecule has 0 aliphatic heterocycles. The highest BCUT2D eigenvalue weighted by Gasteiger charge is 2.73. The van der Waals surface area contributed by atoms with Gasteiger partial charge in [0.25, 0.3) is 0 Å². The van der Waals surface area contributed by atoms with E-state index in [4.69, 9.17) is 9.15 Å². The molecule has 200 valence electrons. The van der Waals surface area contributed by atoms with Gasteiger partial charge in [0.2, 0.25) is 22.5 Å². The third kappa shape index (κ3) is 3.40. The summed E-state index contributed by atoms with van der Waals surface area (Å²) in [6, 6.07) is 1.89. The van der Waals surface area contributed by atoms with Gasteiger partial charge in [-0.25, -0.2) is 13.6 Å². The quantitative estimate of drug-likeness (QED) is 0.508. The normalized spacial score (nSPS) is 41.0. The second-order valence-corrected chi connectivity index (χ2v) is 12.0. The fraction of sp³-hybridized carbons (Fsp3) is 0.593. The van der Waals surface area contributed by atoms with Crippen LogP contribution in [0.15, 0.2) is 46.1 Å². The maximum atomic E-state index is 15.5. The number of aliphatic hydroxyl groups excluding tert-OH is 1. The van der Waals surface area contributed by atoms with Crippen LogP contribution in [0, 0.1) is 34.5 Å². The fourth-order valence-corrected chi connectivity index (χ4v) is 8.98. The van der Waals surface area contributed by atoms with Crippen molar-refractivity contribution in [2.75, 3.05) is 6.01 Å². The highest BCUT2D eigenvalue weighted by molar-refractivity contribution is 8.13. The van der Waals surface area contributed by atoms with E-state index in [1.165, 1.54) is 25.3 Å². The molecule has 37 heavy (non-hydrogen) atoms. The maximum absolute atomic E-state index is 15.5. The third-order valence-corrected chi connectivity index (χ3v) is 10.4. The number of carbonyl (C=O) groups is 3. The van der Waals surface area contributed by atoms with Crippen LogP contribution in [-0.4, -0.2) is 39.7 Å².